The highest BCUT2D eigenvalue weighted by Crippen LogP contribution is 2.31. The van der Waals surface area contributed by atoms with Gasteiger partial charge >= 0.3 is 16.1 Å². The second-order valence-corrected chi connectivity index (χ2v) is 7.69. The molecule has 0 radical (unpaired) electrons. The van der Waals surface area contributed by atoms with Crippen LogP contribution in [0.2, 0.25) is 10.0 Å². The molecule has 144 valence electrons. The van der Waals surface area contributed by atoms with Gasteiger partial charge in [0.1, 0.15) is 5.75 Å². The molecule has 0 unspecified atom stereocenters. The Balaban J connectivity index is 2.20. The van der Waals surface area contributed by atoms with Crippen molar-refractivity contribution in [2.45, 2.75) is 5.75 Å². The number of esters is 1. The summed E-state index contributed by atoms with van der Waals surface area (Å²) in [6, 6.07) is 9.06. The van der Waals surface area contributed by atoms with E-state index in [1.165, 1.54) is 50.6 Å². The molecule has 0 heterocycles. The lowest BCUT2D eigenvalue weighted by atomic mass is 10.2. The van der Waals surface area contributed by atoms with Crippen LogP contribution in [0.25, 0.3) is 6.08 Å². The van der Waals surface area contributed by atoms with Gasteiger partial charge in [0.2, 0.25) is 0 Å². The molecule has 2 aromatic rings. The van der Waals surface area contributed by atoms with E-state index in [9.17, 15) is 13.2 Å². The van der Waals surface area contributed by atoms with E-state index in [-0.39, 0.29) is 16.5 Å². The number of methoxy groups -OCH3 is 2. The zero-order valence-electron chi connectivity index (χ0n) is 14.4. The Kier molecular flexibility index (Phi) is 7.12. The number of hydrogen-bond donors (Lipinski definition) is 0. The third-order valence-electron chi connectivity index (χ3n) is 3.34. The first-order valence-corrected chi connectivity index (χ1v) is 9.87. The highest BCUT2D eigenvalue weighted by Gasteiger charge is 2.18. The number of rotatable bonds is 7. The minimum Gasteiger partial charge on any atom is -0.493 e. The van der Waals surface area contributed by atoms with Gasteiger partial charge in [-0.3, -0.25) is 0 Å². The zero-order chi connectivity index (χ0) is 20.0. The van der Waals surface area contributed by atoms with Gasteiger partial charge in [0.15, 0.2) is 11.5 Å². The fourth-order valence-electron chi connectivity index (χ4n) is 2.09. The van der Waals surface area contributed by atoms with E-state index in [2.05, 4.69) is 4.74 Å². The van der Waals surface area contributed by atoms with Crippen molar-refractivity contribution in [3.63, 3.8) is 0 Å². The molecule has 0 aliphatic carbocycles. The standard InChI is InChI=1S/C18H16Cl2O6S/c1-24-17-10-12(5-8-18(21)25-2)4-7-16(17)26-27(22,23)11-13-3-6-14(19)15(20)9-13/h3-10H,11H2,1-2H3/b8-5+. The van der Waals surface area contributed by atoms with Crippen LogP contribution in [0, 0.1) is 0 Å². The maximum Gasteiger partial charge on any atom is 0.330 e. The van der Waals surface area contributed by atoms with Gasteiger partial charge in [-0.1, -0.05) is 35.3 Å². The molecule has 0 fully saturated rings. The summed E-state index contributed by atoms with van der Waals surface area (Å²) in [5, 5.41) is 0.583. The Bertz CT molecular complexity index is 970. The average Bonchev–Trinajstić information content (AvgIpc) is 2.63. The summed E-state index contributed by atoms with van der Waals surface area (Å²) >= 11 is 11.7. The fourth-order valence-corrected chi connectivity index (χ4v) is 3.47. The van der Waals surface area contributed by atoms with Crippen LogP contribution in [0.1, 0.15) is 11.1 Å². The van der Waals surface area contributed by atoms with Gasteiger partial charge in [0.05, 0.1) is 24.3 Å². The largest absolute Gasteiger partial charge is 0.493 e. The zero-order valence-corrected chi connectivity index (χ0v) is 16.8. The Morgan fingerprint density at radius 3 is 2.41 bits per heavy atom. The van der Waals surface area contributed by atoms with Crippen molar-refractivity contribution < 1.29 is 26.9 Å². The summed E-state index contributed by atoms with van der Waals surface area (Å²) in [5.74, 6) is -0.692. The molecule has 0 aliphatic heterocycles. The highest BCUT2D eigenvalue weighted by atomic mass is 35.5. The summed E-state index contributed by atoms with van der Waals surface area (Å²) in [7, 11) is -1.32. The van der Waals surface area contributed by atoms with Crippen LogP contribution in [0.5, 0.6) is 11.5 Å². The van der Waals surface area contributed by atoms with E-state index >= 15 is 0 Å². The lowest BCUT2D eigenvalue weighted by Gasteiger charge is -2.12. The topological polar surface area (TPSA) is 78.9 Å². The number of benzene rings is 2. The molecule has 0 bridgehead atoms. The van der Waals surface area contributed by atoms with Crippen LogP contribution < -0.4 is 8.92 Å². The van der Waals surface area contributed by atoms with Gasteiger partial charge < -0.3 is 13.7 Å². The molecule has 0 N–H and O–H groups in total. The second-order valence-electron chi connectivity index (χ2n) is 5.30. The Hall–Kier alpha value is -2.22. The molecule has 0 aliphatic rings. The molecular weight excluding hydrogens is 415 g/mol. The van der Waals surface area contributed by atoms with Crippen molar-refractivity contribution >= 4 is 45.4 Å². The summed E-state index contributed by atoms with van der Waals surface area (Å²) in [5.41, 5.74) is 1.03. The van der Waals surface area contributed by atoms with Crippen LogP contribution >= 0.6 is 23.2 Å². The van der Waals surface area contributed by atoms with Crippen molar-refractivity contribution in [1.82, 2.24) is 0 Å². The van der Waals surface area contributed by atoms with Gasteiger partial charge in [-0.25, -0.2) is 4.79 Å². The number of ether oxygens (including phenoxy) is 2. The Morgan fingerprint density at radius 2 is 1.78 bits per heavy atom. The summed E-state index contributed by atoms with van der Waals surface area (Å²) in [6.07, 6.45) is 2.73. The molecule has 0 aromatic heterocycles. The van der Waals surface area contributed by atoms with Gasteiger partial charge in [0.25, 0.3) is 0 Å². The number of carbonyl (C=O) groups excluding carboxylic acids is 1. The molecule has 0 spiro atoms. The highest BCUT2D eigenvalue weighted by molar-refractivity contribution is 7.86. The fraction of sp³-hybridized carbons (Fsp3) is 0.167. The molecule has 2 rings (SSSR count). The molecule has 6 nitrogen and oxygen atoms in total. The van der Waals surface area contributed by atoms with E-state index in [4.69, 9.17) is 32.1 Å². The Labute approximate surface area is 167 Å². The van der Waals surface area contributed by atoms with Crippen molar-refractivity contribution in [2.24, 2.45) is 0 Å². The van der Waals surface area contributed by atoms with Crippen molar-refractivity contribution in [3.8, 4) is 11.5 Å². The lowest BCUT2D eigenvalue weighted by Crippen LogP contribution is -2.12. The normalized spacial score (nSPS) is 11.4. The van der Waals surface area contributed by atoms with Gasteiger partial charge in [0, 0.05) is 6.08 Å². The first-order valence-electron chi connectivity index (χ1n) is 7.54. The quantitative estimate of drug-likeness (QED) is 0.373. The van der Waals surface area contributed by atoms with Gasteiger partial charge in [-0.2, -0.15) is 8.42 Å². The Morgan fingerprint density at radius 1 is 1.04 bits per heavy atom. The predicted molar refractivity (Wildman–Crippen MR) is 104 cm³/mol. The van der Waals surface area contributed by atoms with Crippen molar-refractivity contribution in [1.29, 1.82) is 0 Å². The first kappa shape index (κ1) is 21.1. The van der Waals surface area contributed by atoms with Crippen LogP contribution in [0.3, 0.4) is 0 Å². The molecule has 0 saturated carbocycles. The van der Waals surface area contributed by atoms with Gasteiger partial charge in [-0.05, 0) is 41.5 Å². The number of hydrogen-bond acceptors (Lipinski definition) is 6. The van der Waals surface area contributed by atoms with E-state index in [1.807, 2.05) is 0 Å². The molecule has 2 aromatic carbocycles. The number of carbonyl (C=O) groups is 1. The summed E-state index contributed by atoms with van der Waals surface area (Å²) < 4.78 is 39.5. The average molecular weight is 431 g/mol. The van der Waals surface area contributed by atoms with E-state index in [0.29, 0.717) is 16.1 Å². The minimum atomic E-state index is -3.97. The lowest BCUT2D eigenvalue weighted by molar-refractivity contribution is -0.134. The smallest absolute Gasteiger partial charge is 0.330 e. The van der Waals surface area contributed by atoms with Crippen LogP contribution in [0.4, 0.5) is 0 Å². The third-order valence-corrected chi connectivity index (χ3v) is 5.20. The second kappa shape index (κ2) is 9.12. The third kappa shape index (κ3) is 6.16. The maximum atomic E-state index is 12.3. The molecule has 0 amide bonds. The molecule has 9 heteroatoms. The van der Waals surface area contributed by atoms with E-state index in [1.54, 1.807) is 12.1 Å². The molecule has 0 atom stereocenters. The molecular formula is C18H16Cl2O6S. The molecule has 0 saturated heterocycles. The maximum absolute atomic E-state index is 12.3. The minimum absolute atomic E-state index is 0.0211. The first-order chi connectivity index (χ1) is 12.7. The van der Waals surface area contributed by atoms with E-state index < -0.39 is 21.8 Å². The van der Waals surface area contributed by atoms with E-state index in [0.717, 1.165) is 0 Å². The van der Waals surface area contributed by atoms with Crippen molar-refractivity contribution in [3.05, 3.63) is 63.6 Å². The van der Waals surface area contributed by atoms with Gasteiger partial charge in [-0.15, -0.1) is 0 Å². The monoisotopic (exact) mass is 430 g/mol. The van der Waals surface area contributed by atoms with Crippen LogP contribution in [-0.4, -0.2) is 28.6 Å². The molecule has 27 heavy (non-hydrogen) atoms. The van der Waals surface area contributed by atoms with Crippen LogP contribution in [-0.2, 0) is 25.4 Å². The van der Waals surface area contributed by atoms with Crippen molar-refractivity contribution in [2.75, 3.05) is 14.2 Å². The SMILES string of the molecule is COC(=O)/C=C/c1ccc(OS(=O)(=O)Cc2ccc(Cl)c(Cl)c2)c(OC)c1. The summed E-state index contributed by atoms with van der Waals surface area (Å²) in [4.78, 5) is 11.2. The number of halogens is 2. The summed E-state index contributed by atoms with van der Waals surface area (Å²) in [6.45, 7) is 0. The predicted octanol–water partition coefficient (Wildman–Crippen LogP) is 4.10. The van der Waals surface area contributed by atoms with Crippen LogP contribution in [0.15, 0.2) is 42.5 Å².